The minimum Gasteiger partial charge on any atom is -0.466 e. The van der Waals surface area contributed by atoms with Gasteiger partial charge < -0.3 is 37.9 Å². The SMILES string of the molecule is COC(=O)C1OC(=O)CCCCCCCCC(=O)OC(C(=O)OC)C(C(=O)OC)OC(=O)CCCCCCCCC(=O)OC1C(=O)OC. The summed E-state index contributed by atoms with van der Waals surface area (Å²) < 4.78 is 39.5. The molecule has 272 valence electrons. The van der Waals surface area contributed by atoms with Crippen molar-refractivity contribution in [2.45, 2.75) is 127 Å². The van der Waals surface area contributed by atoms with Crippen molar-refractivity contribution < 1.29 is 76.3 Å². The predicted molar refractivity (Wildman–Crippen MR) is 161 cm³/mol. The number of hydrogen-bond acceptors (Lipinski definition) is 16. The second-order valence-electron chi connectivity index (χ2n) is 11.0. The molecule has 0 aliphatic carbocycles. The molecular formula is C32H48O16. The molecule has 0 aromatic carbocycles. The molecule has 0 saturated carbocycles. The molecule has 4 atom stereocenters. The molecular weight excluding hydrogens is 640 g/mol. The highest BCUT2D eigenvalue weighted by Gasteiger charge is 2.43. The molecule has 4 unspecified atom stereocenters. The predicted octanol–water partition coefficient (Wildman–Crippen LogP) is 2.58. The molecule has 0 bridgehead atoms. The van der Waals surface area contributed by atoms with Gasteiger partial charge in [0.05, 0.1) is 28.4 Å². The van der Waals surface area contributed by atoms with Gasteiger partial charge in [0.25, 0.3) is 0 Å². The van der Waals surface area contributed by atoms with Gasteiger partial charge in [0.15, 0.2) is 0 Å². The van der Waals surface area contributed by atoms with Crippen LogP contribution >= 0.6 is 0 Å². The Bertz CT molecular complexity index is 918. The quantitative estimate of drug-likeness (QED) is 0.307. The molecule has 1 fully saturated rings. The van der Waals surface area contributed by atoms with Gasteiger partial charge in [0.1, 0.15) is 0 Å². The van der Waals surface area contributed by atoms with Crippen LogP contribution in [0.15, 0.2) is 0 Å². The van der Waals surface area contributed by atoms with Gasteiger partial charge in [-0.3, -0.25) is 19.2 Å². The molecule has 1 aliphatic heterocycles. The maximum atomic E-state index is 12.5. The van der Waals surface area contributed by atoms with Gasteiger partial charge >= 0.3 is 47.8 Å². The van der Waals surface area contributed by atoms with E-state index in [0.717, 1.165) is 28.4 Å². The minimum atomic E-state index is -1.85. The third-order valence-electron chi connectivity index (χ3n) is 7.34. The number of esters is 8. The van der Waals surface area contributed by atoms with E-state index in [4.69, 9.17) is 18.9 Å². The Morgan fingerprint density at radius 2 is 0.542 bits per heavy atom. The van der Waals surface area contributed by atoms with Crippen molar-refractivity contribution in [1.29, 1.82) is 0 Å². The number of carbonyl (C=O) groups excluding carboxylic acids is 8. The van der Waals surface area contributed by atoms with E-state index in [0.29, 0.717) is 77.0 Å². The van der Waals surface area contributed by atoms with E-state index >= 15 is 0 Å². The summed E-state index contributed by atoms with van der Waals surface area (Å²) in [7, 11) is 4.13. The Kier molecular flexibility index (Phi) is 20.9. The first-order valence-electron chi connectivity index (χ1n) is 16.1. The van der Waals surface area contributed by atoms with E-state index in [-0.39, 0.29) is 25.7 Å². The highest BCUT2D eigenvalue weighted by atomic mass is 16.6. The van der Waals surface area contributed by atoms with Crippen LogP contribution in [0.2, 0.25) is 0 Å². The molecule has 16 nitrogen and oxygen atoms in total. The van der Waals surface area contributed by atoms with Gasteiger partial charge in [-0.2, -0.15) is 0 Å². The topological polar surface area (TPSA) is 210 Å². The lowest BCUT2D eigenvalue weighted by molar-refractivity contribution is -0.190. The zero-order chi connectivity index (χ0) is 35.9. The monoisotopic (exact) mass is 688 g/mol. The van der Waals surface area contributed by atoms with Crippen molar-refractivity contribution in [2.24, 2.45) is 0 Å². The summed E-state index contributed by atoms with van der Waals surface area (Å²) in [4.78, 5) is 99.8. The highest BCUT2D eigenvalue weighted by Crippen LogP contribution is 2.18. The third kappa shape index (κ3) is 16.0. The summed E-state index contributed by atoms with van der Waals surface area (Å²) in [6.45, 7) is 0. The highest BCUT2D eigenvalue weighted by molar-refractivity contribution is 5.90. The van der Waals surface area contributed by atoms with Crippen LogP contribution in [0, 0.1) is 0 Å². The van der Waals surface area contributed by atoms with Crippen molar-refractivity contribution in [1.82, 2.24) is 0 Å². The number of ether oxygens (including phenoxy) is 8. The van der Waals surface area contributed by atoms with Crippen molar-refractivity contribution in [3.8, 4) is 0 Å². The second kappa shape index (κ2) is 24.0. The Labute approximate surface area is 279 Å². The summed E-state index contributed by atoms with van der Waals surface area (Å²) in [5, 5.41) is 0. The average Bonchev–Trinajstić information content (AvgIpc) is 3.08. The van der Waals surface area contributed by atoms with E-state index < -0.39 is 72.2 Å². The number of cyclic esters (lactones) is 4. The van der Waals surface area contributed by atoms with Crippen LogP contribution in [0.5, 0.6) is 0 Å². The first-order chi connectivity index (χ1) is 23.0. The standard InChI is InChI=1S/C32H48O16/c1-41-29(37)25-26(30(38)42-2)46-22(34)18-14-10-7-8-12-16-20-24(36)48-28(32(40)44-4)27(31(39)43-3)47-23(35)19-15-11-6-5-9-13-17-21(33)45-25/h25-28H,5-20H2,1-4H3. The lowest BCUT2D eigenvalue weighted by Crippen LogP contribution is -2.47. The van der Waals surface area contributed by atoms with Gasteiger partial charge in [-0.25, -0.2) is 19.2 Å². The number of rotatable bonds is 4. The van der Waals surface area contributed by atoms with Crippen LogP contribution in [0.1, 0.15) is 103 Å². The van der Waals surface area contributed by atoms with Crippen molar-refractivity contribution in [3.05, 3.63) is 0 Å². The van der Waals surface area contributed by atoms with Gasteiger partial charge in [-0.15, -0.1) is 0 Å². The molecule has 0 N–H and O–H groups in total. The Morgan fingerprint density at radius 3 is 0.708 bits per heavy atom. The molecule has 16 heteroatoms. The molecule has 0 aromatic heterocycles. The lowest BCUT2D eigenvalue weighted by Gasteiger charge is -2.23. The Balaban J connectivity index is 2.98. The van der Waals surface area contributed by atoms with Crippen LogP contribution in [0.3, 0.4) is 0 Å². The fraction of sp³-hybridized carbons (Fsp3) is 0.750. The van der Waals surface area contributed by atoms with Gasteiger partial charge in [-0.05, 0) is 25.7 Å². The zero-order valence-corrected chi connectivity index (χ0v) is 28.2. The molecule has 0 amide bonds. The largest absolute Gasteiger partial charge is 0.466 e. The Morgan fingerprint density at radius 1 is 0.375 bits per heavy atom. The normalized spacial score (nSPS) is 24.1. The van der Waals surface area contributed by atoms with Crippen LogP contribution < -0.4 is 0 Å². The number of hydrogen-bond donors (Lipinski definition) is 0. The maximum absolute atomic E-state index is 12.5. The van der Waals surface area contributed by atoms with Crippen molar-refractivity contribution >= 4 is 47.8 Å². The summed E-state index contributed by atoms with van der Waals surface area (Å²) in [6.07, 6.45) is -1.17. The van der Waals surface area contributed by atoms with E-state index in [1.807, 2.05) is 0 Å². The fourth-order valence-corrected chi connectivity index (χ4v) is 4.69. The van der Waals surface area contributed by atoms with Gasteiger partial charge in [-0.1, -0.05) is 51.4 Å². The molecule has 0 spiro atoms. The maximum Gasteiger partial charge on any atom is 0.351 e. The molecule has 1 rings (SSSR count). The summed E-state index contributed by atoms with van der Waals surface area (Å²) in [5.74, 6) is -7.58. The van der Waals surface area contributed by atoms with Crippen LogP contribution in [0.25, 0.3) is 0 Å². The molecule has 0 aromatic rings. The van der Waals surface area contributed by atoms with Gasteiger partial charge in [0.2, 0.25) is 24.4 Å². The summed E-state index contributed by atoms with van der Waals surface area (Å²) >= 11 is 0. The Hall–Kier alpha value is -4.24. The smallest absolute Gasteiger partial charge is 0.351 e. The minimum absolute atomic E-state index is 0.0947. The van der Waals surface area contributed by atoms with Crippen molar-refractivity contribution in [3.63, 3.8) is 0 Å². The number of methoxy groups -OCH3 is 4. The van der Waals surface area contributed by atoms with E-state index in [1.54, 1.807) is 0 Å². The van der Waals surface area contributed by atoms with E-state index in [9.17, 15) is 38.4 Å². The van der Waals surface area contributed by atoms with Crippen LogP contribution in [-0.2, 0) is 76.3 Å². The third-order valence-corrected chi connectivity index (χ3v) is 7.34. The zero-order valence-electron chi connectivity index (χ0n) is 28.2. The molecule has 1 aliphatic rings. The molecule has 1 heterocycles. The fourth-order valence-electron chi connectivity index (χ4n) is 4.69. The van der Waals surface area contributed by atoms with E-state index in [1.165, 1.54) is 0 Å². The van der Waals surface area contributed by atoms with Crippen LogP contribution in [0.4, 0.5) is 0 Å². The first kappa shape index (κ1) is 41.8. The van der Waals surface area contributed by atoms with Crippen LogP contribution in [-0.4, -0.2) is 101 Å². The lowest BCUT2D eigenvalue weighted by atomic mass is 10.1. The van der Waals surface area contributed by atoms with Crippen molar-refractivity contribution in [2.75, 3.05) is 28.4 Å². The van der Waals surface area contributed by atoms with E-state index in [2.05, 4.69) is 18.9 Å². The molecule has 0 radical (unpaired) electrons. The molecule has 1 saturated heterocycles. The summed E-state index contributed by atoms with van der Waals surface area (Å²) in [5.41, 5.74) is 0. The summed E-state index contributed by atoms with van der Waals surface area (Å²) in [6, 6.07) is 0. The second-order valence-corrected chi connectivity index (χ2v) is 11.0. The first-order valence-corrected chi connectivity index (χ1v) is 16.1. The average molecular weight is 689 g/mol. The molecule has 48 heavy (non-hydrogen) atoms. The number of carbonyl (C=O) groups is 8. The van der Waals surface area contributed by atoms with Gasteiger partial charge in [0, 0.05) is 25.7 Å².